The molecule has 7 nitrogen and oxygen atoms in total. The maximum Gasteiger partial charge on any atom is 0.325 e. The minimum atomic E-state index is -0.527. The molecule has 0 aromatic heterocycles. The minimum absolute atomic E-state index is 0.217. The third kappa shape index (κ3) is 6.57. The number of methoxy groups -OCH3 is 1. The molecular weight excluding hydrogens is 380 g/mol. The zero-order valence-electron chi connectivity index (χ0n) is 17.7. The Morgan fingerprint density at radius 3 is 2.40 bits per heavy atom. The molecule has 30 heavy (non-hydrogen) atoms. The summed E-state index contributed by atoms with van der Waals surface area (Å²) < 4.78 is 5.09. The molecule has 0 atom stereocenters. The van der Waals surface area contributed by atoms with E-state index in [1.165, 1.54) is 11.1 Å². The van der Waals surface area contributed by atoms with Crippen molar-refractivity contribution in [3.63, 3.8) is 0 Å². The van der Waals surface area contributed by atoms with Crippen LogP contribution in [0.25, 0.3) is 0 Å². The van der Waals surface area contributed by atoms with Gasteiger partial charge in [0.15, 0.2) is 0 Å². The van der Waals surface area contributed by atoms with E-state index in [-0.39, 0.29) is 12.5 Å². The molecule has 1 heterocycles. The molecule has 0 aliphatic carbocycles. The summed E-state index contributed by atoms with van der Waals surface area (Å²) in [6.07, 6.45) is 0.997. The molecular formula is C23H30N4O3. The van der Waals surface area contributed by atoms with Gasteiger partial charge >= 0.3 is 6.03 Å². The number of carbonyl (C=O) groups is 2. The highest BCUT2D eigenvalue weighted by atomic mass is 16.5. The Kier molecular flexibility index (Phi) is 7.82. The quantitative estimate of drug-likeness (QED) is 0.766. The molecule has 1 saturated heterocycles. The van der Waals surface area contributed by atoms with Crippen molar-refractivity contribution in [2.24, 2.45) is 0 Å². The molecule has 2 aromatic carbocycles. The van der Waals surface area contributed by atoms with Crippen molar-refractivity contribution in [1.29, 1.82) is 0 Å². The van der Waals surface area contributed by atoms with Gasteiger partial charge in [0.05, 0.1) is 13.7 Å². The van der Waals surface area contributed by atoms with Crippen molar-refractivity contribution < 1.29 is 14.3 Å². The van der Waals surface area contributed by atoms with Crippen LogP contribution in [0, 0.1) is 6.92 Å². The van der Waals surface area contributed by atoms with E-state index in [1.807, 2.05) is 0 Å². The van der Waals surface area contributed by atoms with Gasteiger partial charge < -0.3 is 10.1 Å². The third-order valence-corrected chi connectivity index (χ3v) is 5.30. The summed E-state index contributed by atoms with van der Waals surface area (Å²) in [7, 11) is 1.58. The summed E-state index contributed by atoms with van der Waals surface area (Å²) in [6.45, 7) is 6.84. The van der Waals surface area contributed by atoms with E-state index in [1.54, 1.807) is 31.4 Å². The molecule has 0 unspecified atom stereocenters. The SMILES string of the molecule is COc1ccc(NC(=O)NC(=O)CN2CCCN(Cc3ccccc3C)CC2)cc1. The Balaban J connectivity index is 1.42. The summed E-state index contributed by atoms with van der Waals surface area (Å²) in [4.78, 5) is 28.9. The average molecular weight is 411 g/mol. The van der Waals surface area contributed by atoms with E-state index in [0.717, 1.165) is 39.1 Å². The van der Waals surface area contributed by atoms with Gasteiger partial charge in [0, 0.05) is 25.3 Å². The first-order chi connectivity index (χ1) is 14.5. The number of urea groups is 1. The predicted octanol–water partition coefficient (Wildman–Crippen LogP) is 2.86. The number of anilines is 1. The van der Waals surface area contributed by atoms with Crippen molar-refractivity contribution in [1.82, 2.24) is 15.1 Å². The van der Waals surface area contributed by atoms with Crippen LogP contribution in [-0.4, -0.2) is 61.6 Å². The number of carbonyl (C=O) groups excluding carboxylic acids is 2. The second-order valence-corrected chi connectivity index (χ2v) is 7.56. The molecule has 2 aromatic rings. The monoisotopic (exact) mass is 410 g/mol. The van der Waals surface area contributed by atoms with Crippen LogP contribution in [0.4, 0.5) is 10.5 Å². The minimum Gasteiger partial charge on any atom is -0.497 e. The zero-order valence-corrected chi connectivity index (χ0v) is 17.7. The van der Waals surface area contributed by atoms with E-state index < -0.39 is 6.03 Å². The first kappa shape index (κ1) is 21.8. The summed E-state index contributed by atoms with van der Waals surface area (Å²) in [5, 5.41) is 5.07. The largest absolute Gasteiger partial charge is 0.497 e. The molecule has 1 aliphatic rings. The summed E-state index contributed by atoms with van der Waals surface area (Å²) in [5.74, 6) is 0.406. The van der Waals surface area contributed by atoms with Crippen LogP contribution in [0.15, 0.2) is 48.5 Å². The Morgan fingerprint density at radius 2 is 1.67 bits per heavy atom. The number of nitrogens with one attached hydrogen (secondary N) is 2. The number of rotatable bonds is 6. The molecule has 1 fully saturated rings. The maximum atomic E-state index is 12.3. The summed E-state index contributed by atoms with van der Waals surface area (Å²) in [5.41, 5.74) is 3.25. The average Bonchev–Trinajstić information content (AvgIpc) is 2.95. The van der Waals surface area contributed by atoms with Crippen LogP contribution in [0.1, 0.15) is 17.5 Å². The van der Waals surface area contributed by atoms with Crippen molar-refractivity contribution in [2.75, 3.05) is 45.2 Å². The molecule has 1 aliphatic heterocycles. The molecule has 2 N–H and O–H groups in total. The summed E-state index contributed by atoms with van der Waals surface area (Å²) >= 11 is 0. The van der Waals surface area contributed by atoms with Gasteiger partial charge in [0.25, 0.3) is 0 Å². The van der Waals surface area contributed by atoms with Crippen LogP contribution in [0.2, 0.25) is 0 Å². The number of imide groups is 1. The van der Waals surface area contributed by atoms with Crippen LogP contribution in [0.5, 0.6) is 5.75 Å². The van der Waals surface area contributed by atoms with Gasteiger partial charge in [0.1, 0.15) is 5.75 Å². The number of hydrogen-bond donors (Lipinski definition) is 2. The van der Waals surface area contributed by atoms with E-state index in [0.29, 0.717) is 11.4 Å². The lowest BCUT2D eigenvalue weighted by Crippen LogP contribution is -2.42. The van der Waals surface area contributed by atoms with Crippen molar-refractivity contribution in [3.8, 4) is 5.75 Å². The smallest absolute Gasteiger partial charge is 0.325 e. The van der Waals surface area contributed by atoms with Crippen molar-refractivity contribution in [2.45, 2.75) is 19.9 Å². The number of amides is 3. The predicted molar refractivity (Wildman–Crippen MR) is 118 cm³/mol. The van der Waals surface area contributed by atoms with Crippen LogP contribution >= 0.6 is 0 Å². The van der Waals surface area contributed by atoms with Crippen molar-refractivity contribution >= 4 is 17.6 Å². The lowest BCUT2D eigenvalue weighted by Gasteiger charge is -2.22. The van der Waals surface area contributed by atoms with Crippen LogP contribution in [0.3, 0.4) is 0 Å². The molecule has 0 spiro atoms. The number of benzene rings is 2. The van der Waals surface area contributed by atoms with Crippen LogP contribution < -0.4 is 15.4 Å². The zero-order chi connectivity index (χ0) is 21.3. The fourth-order valence-electron chi connectivity index (χ4n) is 3.57. The standard InChI is InChI=1S/C23H30N4O3/c1-18-6-3-4-7-19(18)16-26-12-5-13-27(15-14-26)17-22(28)25-23(29)24-20-8-10-21(30-2)11-9-20/h3-4,6-11H,5,12-17H2,1-2H3,(H2,24,25,28,29). The fourth-order valence-corrected chi connectivity index (χ4v) is 3.57. The first-order valence-corrected chi connectivity index (χ1v) is 10.3. The number of aryl methyl sites for hydroxylation is 1. The van der Waals surface area contributed by atoms with Gasteiger partial charge in [-0.15, -0.1) is 0 Å². The highest BCUT2D eigenvalue weighted by Gasteiger charge is 2.18. The van der Waals surface area contributed by atoms with Gasteiger partial charge in [-0.2, -0.15) is 0 Å². The van der Waals surface area contributed by atoms with Gasteiger partial charge in [-0.1, -0.05) is 24.3 Å². The maximum absolute atomic E-state index is 12.3. The Hall–Kier alpha value is -2.90. The second kappa shape index (κ2) is 10.8. The van der Waals surface area contributed by atoms with Crippen molar-refractivity contribution in [3.05, 3.63) is 59.7 Å². The molecule has 7 heteroatoms. The molecule has 0 bridgehead atoms. The van der Waals surface area contributed by atoms with E-state index in [4.69, 9.17) is 4.74 Å². The topological polar surface area (TPSA) is 73.9 Å². The van der Waals surface area contributed by atoms with Gasteiger partial charge in [-0.05, 0) is 61.8 Å². The lowest BCUT2D eigenvalue weighted by atomic mass is 10.1. The number of ether oxygens (including phenoxy) is 1. The van der Waals surface area contributed by atoms with Gasteiger partial charge in [-0.3, -0.25) is 19.9 Å². The highest BCUT2D eigenvalue weighted by Crippen LogP contribution is 2.15. The number of nitrogens with zero attached hydrogens (tertiary/aromatic N) is 2. The van der Waals surface area contributed by atoms with E-state index >= 15 is 0 Å². The molecule has 3 amide bonds. The number of hydrogen-bond acceptors (Lipinski definition) is 5. The normalized spacial score (nSPS) is 15.3. The highest BCUT2D eigenvalue weighted by molar-refractivity contribution is 6.01. The lowest BCUT2D eigenvalue weighted by molar-refractivity contribution is -0.121. The Labute approximate surface area is 178 Å². The fraction of sp³-hybridized carbons (Fsp3) is 0.391. The Morgan fingerprint density at radius 1 is 0.967 bits per heavy atom. The molecule has 160 valence electrons. The molecule has 0 radical (unpaired) electrons. The molecule has 0 saturated carbocycles. The van der Waals surface area contributed by atoms with Gasteiger partial charge in [-0.25, -0.2) is 4.79 Å². The Bertz CT molecular complexity index is 854. The molecule has 3 rings (SSSR count). The van der Waals surface area contributed by atoms with E-state index in [2.05, 4.69) is 51.6 Å². The first-order valence-electron chi connectivity index (χ1n) is 10.3. The second-order valence-electron chi connectivity index (χ2n) is 7.56. The summed E-state index contributed by atoms with van der Waals surface area (Å²) in [6, 6.07) is 14.9. The third-order valence-electron chi connectivity index (χ3n) is 5.30. The van der Waals surface area contributed by atoms with Crippen LogP contribution in [-0.2, 0) is 11.3 Å². The van der Waals surface area contributed by atoms with Gasteiger partial charge in [0.2, 0.25) is 5.91 Å². The van der Waals surface area contributed by atoms with E-state index in [9.17, 15) is 9.59 Å².